The van der Waals surface area contributed by atoms with E-state index in [9.17, 15) is 0 Å². The number of hydrogen-bond acceptors (Lipinski definition) is 3. The third-order valence-electron chi connectivity index (χ3n) is 6.81. The number of ether oxygens (including phenoxy) is 1. The van der Waals surface area contributed by atoms with Crippen molar-refractivity contribution < 1.29 is 4.74 Å². The van der Waals surface area contributed by atoms with Crippen LogP contribution in [0.15, 0.2) is 0 Å². The Morgan fingerprint density at radius 2 is 1.95 bits per heavy atom. The first-order valence-electron chi connectivity index (χ1n) is 9.27. The van der Waals surface area contributed by atoms with E-state index >= 15 is 0 Å². The van der Waals surface area contributed by atoms with Gasteiger partial charge in [-0.1, -0.05) is 13.3 Å². The summed E-state index contributed by atoms with van der Waals surface area (Å²) in [7, 11) is 0. The molecule has 3 rings (SSSR count). The number of hydrogen-bond donors (Lipinski definition) is 2. The zero-order valence-electron chi connectivity index (χ0n) is 13.9. The molecule has 122 valence electrons. The number of nitrogens with one attached hydrogen (secondary N) is 1. The standard InChI is InChI=1S/C18H34N2O/c1-3-21-18(8-6-13(2)7-9-18)17(20-19)12-16-11-14-4-5-15(16)10-14/h13-17,20H,3-12,19H2,1-2H3. The Hall–Kier alpha value is -0.120. The van der Waals surface area contributed by atoms with Gasteiger partial charge in [0.2, 0.25) is 0 Å². The van der Waals surface area contributed by atoms with Crippen LogP contribution in [0.5, 0.6) is 0 Å². The van der Waals surface area contributed by atoms with Crippen LogP contribution in [0.4, 0.5) is 0 Å². The smallest absolute Gasteiger partial charge is 0.0848 e. The van der Waals surface area contributed by atoms with Gasteiger partial charge in [0.25, 0.3) is 0 Å². The summed E-state index contributed by atoms with van der Waals surface area (Å²) >= 11 is 0. The maximum Gasteiger partial charge on any atom is 0.0848 e. The molecule has 4 unspecified atom stereocenters. The molecule has 3 N–H and O–H groups in total. The molecule has 3 aliphatic carbocycles. The quantitative estimate of drug-likeness (QED) is 0.581. The molecule has 0 aromatic heterocycles. The van der Waals surface area contributed by atoms with E-state index in [1.165, 1.54) is 57.8 Å². The molecule has 3 fully saturated rings. The molecule has 0 aromatic rings. The molecule has 3 nitrogen and oxygen atoms in total. The zero-order chi connectivity index (χ0) is 14.9. The summed E-state index contributed by atoms with van der Waals surface area (Å²) in [5.74, 6) is 9.74. The van der Waals surface area contributed by atoms with E-state index in [-0.39, 0.29) is 5.60 Å². The van der Waals surface area contributed by atoms with Crippen molar-refractivity contribution in [3.05, 3.63) is 0 Å². The lowest BCUT2D eigenvalue weighted by molar-refractivity contribution is -0.102. The van der Waals surface area contributed by atoms with Crippen LogP contribution in [0.3, 0.4) is 0 Å². The van der Waals surface area contributed by atoms with E-state index in [1.807, 2.05) is 0 Å². The minimum Gasteiger partial charge on any atom is -0.374 e. The monoisotopic (exact) mass is 294 g/mol. The lowest BCUT2D eigenvalue weighted by atomic mass is 9.71. The molecule has 0 amide bonds. The fourth-order valence-corrected chi connectivity index (χ4v) is 5.53. The highest BCUT2D eigenvalue weighted by Crippen LogP contribution is 2.51. The number of hydrazine groups is 1. The van der Waals surface area contributed by atoms with E-state index in [1.54, 1.807) is 0 Å². The van der Waals surface area contributed by atoms with Crippen molar-refractivity contribution in [2.24, 2.45) is 29.5 Å². The van der Waals surface area contributed by atoms with Crippen LogP contribution in [-0.4, -0.2) is 18.2 Å². The van der Waals surface area contributed by atoms with E-state index in [0.717, 1.165) is 30.3 Å². The molecule has 0 radical (unpaired) electrons. The Labute approximate surface area is 130 Å². The molecule has 4 atom stereocenters. The highest BCUT2D eigenvalue weighted by molar-refractivity contribution is 5.00. The zero-order valence-corrected chi connectivity index (χ0v) is 13.9. The lowest BCUT2D eigenvalue weighted by Crippen LogP contribution is -2.57. The highest BCUT2D eigenvalue weighted by Gasteiger charge is 2.46. The second kappa shape index (κ2) is 6.55. The Morgan fingerprint density at radius 1 is 1.19 bits per heavy atom. The molecule has 0 aromatic carbocycles. The fraction of sp³-hybridized carbons (Fsp3) is 1.00. The van der Waals surface area contributed by atoms with E-state index in [0.29, 0.717) is 6.04 Å². The molecule has 3 saturated carbocycles. The molecular formula is C18H34N2O. The summed E-state index contributed by atoms with van der Waals surface area (Å²) in [6.07, 6.45) is 12.0. The van der Waals surface area contributed by atoms with E-state index in [4.69, 9.17) is 10.6 Å². The molecule has 0 spiro atoms. The van der Waals surface area contributed by atoms with Gasteiger partial charge in [0.05, 0.1) is 11.6 Å². The van der Waals surface area contributed by atoms with Crippen molar-refractivity contribution in [1.29, 1.82) is 0 Å². The average Bonchev–Trinajstić information content (AvgIpc) is 3.10. The second-order valence-corrected chi connectivity index (χ2v) is 8.07. The SMILES string of the molecule is CCOC1(C(CC2CC3CCC2C3)NN)CCC(C)CC1. The molecule has 3 aliphatic rings. The maximum absolute atomic E-state index is 6.32. The van der Waals surface area contributed by atoms with Gasteiger partial charge in [-0.2, -0.15) is 0 Å². The third-order valence-corrected chi connectivity index (χ3v) is 6.81. The largest absolute Gasteiger partial charge is 0.374 e. The van der Waals surface area contributed by atoms with Crippen molar-refractivity contribution in [1.82, 2.24) is 5.43 Å². The van der Waals surface area contributed by atoms with Crippen molar-refractivity contribution in [3.8, 4) is 0 Å². The van der Waals surface area contributed by atoms with E-state index in [2.05, 4.69) is 19.3 Å². The lowest BCUT2D eigenvalue weighted by Gasteiger charge is -2.45. The molecule has 3 heteroatoms. The first-order chi connectivity index (χ1) is 10.2. The van der Waals surface area contributed by atoms with Gasteiger partial charge < -0.3 is 4.74 Å². The van der Waals surface area contributed by atoms with Crippen molar-refractivity contribution in [2.75, 3.05) is 6.61 Å². The van der Waals surface area contributed by atoms with Gasteiger partial charge in [0.15, 0.2) is 0 Å². The van der Waals surface area contributed by atoms with Crippen LogP contribution in [0.25, 0.3) is 0 Å². The maximum atomic E-state index is 6.32. The van der Waals surface area contributed by atoms with Gasteiger partial charge in [0, 0.05) is 6.61 Å². The van der Waals surface area contributed by atoms with Crippen LogP contribution in [-0.2, 0) is 4.74 Å². The minimum atomic E-state index is -0.00214. The Morgan fingerprint density at radius 3 is 2.48 bits per heavy atom. The minimum absolute atomic E-state index is 0.00214. The summed E-state index contributed by atoms with van der Waals surface area (Å²) in [5.41, 5.74) is 3.17. The summed E-state index contributed by atoms with van der Waals surface area (Å²) in [5, 5.41) is 0. The van der Waals surface area contributed by atoms with Gasteiger partial charge in [-0.15, -0.1) is 0 Å². The van der Waals surface area contributed by atoms with Crippen LogP contribution >= 0.6 is 0 Å². The molecular weight excluding hydrogens is 260 g/mol. The fourth-order valence-electron chi connectivity index (χ4n) is 5.53. The third kappa shape index (κ3) is 3.16. The molecule has 21 heavy (non-hydrogen) atoms. The predicted molar refractivity (Wildman–Crippen MR) is 86.7 cm³/mol. The second-order valence-electron chi connectivity index (χ2n) is 8.07. The number of rotatable bonds is 6. The van der Waals surface area contributed by atoms with Gasteiger partial charge in [0.1, 0.15) is 0 Å². The van der Waals surface area contributed by atoms with Gasteiger partial charge in [-0.05, 0) is 82.0 Å². The van der Waals surface area contributed by atoms with Gasteiger partial charge in [-0.3, -0.25) is 11.3 Å². The van der Waals surface area contributed by atoms with Crippen LogP contribution < -0.4 is 11.3 Å². The van der Waals surface area contributed by atoms with Gasteiger partial charge in [-0.25, -0.2) is 0 Å². The Bertz CT molecular complexity index is 338. The summed E-state index contributed by atoms with van der Waals surface area (Å²) in [6, 6.07) is 0.342. The topological polar surface area (TPSA) is 47.3 Å². The number of nitrogens with two attached hydrogens (primary N) is 1. The van der Waals surface area contributed by atoms with Gasteiger partial charge >= 0.3 is 0 Å². The Balaban J connectivity index is 1.67. The molecule has 0 heterocycles. The van der Waals surface area contributed by atoms with Crippen LogP contribution in [0, 0.1) is 23.7 Å². The molecule has 0 saturated heterocycles. The van der Waals surface area contributed by atoms with Crippen LogP contribution in [0.2, 0.25) is 0 Å². The average molecular weight is 294 g/mol. The van der Waals surface area contributed by atoms with E-state index < -0.39 is 0 Å². The summed E-state index contributed by atoms with van der Waals surface area (Å²) < 4.78 is 6.32. The Kier molecular flexibility index (Phi) is 4.92. The first-order valence-corrected chi connectivity index (χ1v) is 9.27. The normalized spacial score (nSPS) is 44.1. The van der Waals surface area contributed by atoms with Crippen molar-refractivity contribution >= 4 is 0 Å². The van der Waals surface area contributed by atoms with Crippen LogP contribution in [0.1, 0.15) is 71.6 Å². The molecule has 2 bridgehead atoms. The predicted octanol–water partition coefficient (Wildman–Crippen LogP) is 3.63. The molecule has 0 aliphatic heterocycles. The van der Waals surface area contributed by atoms with Crippen molar-refractivity contribution in [2.45, 2.75) is 83.3 Å². The summed E-state index contributed by atoms with van der Waals surface area (Å²) in [6.45, 7) is 5.31. The number of fused-ring (bicyclic) bond motifs is 2. The van der Waals surface area contributed by atoms with Crippen molar-refractivity contribution in [3.63, 3.8) is 0 Å². The summed E-state index contributed by atoms with van der Waals surface area (Å²) in [4.78, 5) is 0. The first kappa shape index (κ1) is 15.8. The highest BCUT2D eigenvalue weighted by atomic mass is 16.5.